The number of carbonyl (C=O) groups is 2. The number of likely N-dealkylation sites (N-methyl/N-ethyl adjacent to an activating group) is 2. The molecule has 0 aliphatic heterocycles. The van der Waals surface area contributed by atoms with E-state index in [-0.39, 0.29) is 16.6 Å². The van der Waals surface area contributed by atoms with Crippen LogP contribution in [0.2, 0.25) is 4.34 Å². The summed E-state index contributed by atoms with van der Waals surface area (Å²) < 4.78 is 30.9. The number of sulfonamides is 1. The molecule has 0 radical (unpaired) electrons. The summed E-state index contributed by atoms with van der Waals surface area (Å²) >= 11 is 6.66. The number of rotatable bonds is 7. The van der Waals surface area contributed by atoms with Gasteiger partial charge in [-0.25, -0.2) is 8.42 Å². The van der Waals surface area contributed by atoms with E-state index in [0.717, 1.165) is 20.5 Å². The number of hydrogen-bond acceptors (Lipinski definition) is 7. The minimum Gasteiger partial charge on any atom is -0.360 e. The van der Waals surface area contributed by atoms with Crippen molar-refractivity contribution in [2.45, 2.75) is 11.1 Å². The van der Waals surface area contributed by atoms with Gasteiger partial charge in [0.2, 0.25) is 11.8 Å². The van der Waals surface area contributed by atoms with Gasteiger partial charge in [0, 0.05) is 20.2 Å². The van der Waals surface area contributed by atoms with E-state index in [0.29, 0.717) is 10.1 Å². The lowest BCUT2D eigenvalue weighted by Crippen LogP contribution is -2.42. The first kappa shape index (κ1) is 20.4. The molecule has 0 spiro atoms. The van der Waals surface area contributed by atoms with Crippen molar-refractivity contribution in [1.29, 1.82) is 0 Å². The van der Waals surface area contributed by atoms with E-state index >= 15 is 0 Å². The highest BCUT2D eigenvalue weighted by atomic mass is 35.5. The molecule has 0 bridgehead atoms. The first-order chi connectivity index (χ1) is 12.1. The number of thiophene rings is 1. The number of carbonyl (C=O) groups excluding carboxylic acids is 2. The molecule has 26 heavy (non-hydrogen) atoms. The normalized spacial score (nSPS) is 11.6. The maximum Gasteiger partial charge on any atom is 0.252 e. The van der Waals surface area contributed by atoms with Gasteiger partial charge < -0.3 is 14.7 Å². The maximum absolute atomic E-state index is 12.4. The Morgan fingerprint density at radius 2 is 2.00 bits per heavy atom. The number of amides is 2. The summed E-state index contributed by atoms with van der Waals surface area (Å²) in [5.74, 6) is -0.247. The number of aryl methyl sites for hydroxylation is 1. The molecule has 1 N–H and O–H groups in total. The van der Waals surface area contributed by atoms with Gasteiger partial charge in [-0.2, -0.15) is 4.31 Å². The third-order valence-corrected chi connectivity index (χ3v) is 6.77. The fraction of sp³-hybridized carbons (Fsp3) is 0.357. The molecule has 2 amide bonds. The molecule has 2 rings (SSSR count). The summed E-state index contributed by atoms with van der Waals surface area (Å²) in [6.45, 7) is 1.00. The Bertz CT molecular complexity index is 908. The lowest BCUT2D eigenvalue weighted by molar-refractivity contribution is -0.133. The van der Waals surface area contributed by atoms with Crippen LogP contribution in [0, 0.1) is 6.92 Å². The Balaban J connectivity index is 1.92. The third kappa shape index (κ3) is 5.04. The van der Waals surface area contributed by atoms with Gasteiger partial charge in [-0.1, -0.05) is 16.8 Å². The molecule has 142 valence electrons. The molecular formula is C14H17ClN4O5S2. The summed E-state index contributed by atoms with van der Waals surface area (Å²) in [5, 5.41) is 6.09. The van der Waals surface area contributed by atoms with Crippen molar-refractivity contribution in [3.63, 3.8) is 0 Å². The first-order valence-electron chi connectivity index (χ1n) is 7.28. The Hall–Kier alpha value is -1.95. The quantitative estimate of drug-likeness (QED) is 0.724. The first-order valence-corrected chi connectivity index (χ1v) is 9.92. The Morgan fingerprint density at radius 3 is 2.54 bits per heavy atom. The molecule has 0 atom stereocenters. The summed E-state index contributed by atoms with van der Waals surface area (Å²) in [6.07, 6.45) is 0. The molecule has 12 heteroatoms. The van der Waals surface area contributed by atoms with Gasteiger partial charge in [0.05, 0.1) is 17.4 Å². The zero-order valence-electron chi connectivity index (χ0n) is 14.2. The van der Waals surface area contributed by atoms with Gasteiger partial charge >= 0.3 is 0 Å². The molecule has 0 fully saturated rings. The standard InChI is InChI=1S/C14H17ClN4O5S2/c1-9-6-11(17-24-9)16-12(20)7-18(2)13(21)8-19(3)26(22,23)14-5-4-10(15)25-14/h4-6H,7-8H2,1-3H3,(H,16,17,20). The second-order valence-electron chi connectivity index (χ2n) is 5.44. The number of halogens is 1. The minimum absolute atomic E-state index is 0.0413. The van der Waals surface area contributed by atoms with Gasteiger partial charge in [-0.15, -0.1) is 11.3 Å². The Labute approximate surface area is 159 Å². The SMILES string of the molecule is Cc1cc(NC(=O)CN(C)C(=O)CN(C)S(=O)(=O)c2ccc(Cl)s2)no1. The van der Waals surface area contributed by atoms with Gasteiger partial charge in [0.25, 0.3) is 10.0 Å². The number of hydrogen-bond donors (Lipinski definition) is 1. The average molecular weight is 421 g/mol. The lowest BCUT2D eigenvalue weighted by atomic mass is 10.4. The molecule has 0 aliphatic rings. The van der Waals surface area contributed by atoms with Crippen molar-refractivity contribution >= 4 is 50.6 Å². The van der Waals surface area contributed by atoms with Crippen molar-refractivity contribution in [1.82, 2.24) is 14.4 Å². The monoisotopic (exact) mass is 420 g/mol. The van der Waals surface area contributed by atoms with Crippen molar-refractivity contribution in [3.8, 4) is 0 Å². The number of nitrogens with one attached hydrogen (secondary N) is 1. The fourth-order valence-corrected chi connectivity index (χ4v) is 4.71. The summed E-state index contributed by atoms with van der Waals surface area (Å²) in [5.41, 5.74) is 0. The third-order valence-electron chi connectivity index (χ3n) is 3.27. The van der Waals surface area contributed by atoms with E-state index in [9.17, 15) is 18.0 Å². The van der Waals surface area contributed by atoms with Gasteiger partial charge in [0.1, 0.15) is 9.97 Å². The molecule has 0 aliphatic carbocycles. The van der Waals surface area contributed by atoms with Crippen LogP contribution in [0.5, 0.6) is 0 Å². The molecular weight excluding hydrogens is 404 g/mol. The van der Waals surface area contributed by atoms with Crippen LogP contribution in [-0.2, 0) is 19.6 Å². The van der Waals surface area contributed by atoms with E-state index in [1.54, 1.807) is 6.92 Å². The highest BCUT2D eigenvalue weighted by molar-refractivity contribution is 7.91. The Kier molecular flexibility index (Phi) is 6.39. The molecule has 0 saturated heterocycles. The van der Waals surface area contributed by atoms with E-state index in [4.69, 9.17) is 16.1 Å². The van der Waals surface area contributed by atoms with E-state index < -0.39 is 28.4 Å². The van der Waals surface area contributed by atoms with Gasteiger partial charge in [-0.3, -0.25) is 9.59 Å². The van der Waals surface area contributed by atoms with E-state index in [2.05, 4.69) is 10.5 Å². The molecule has 0 aromatic carbocycles. The van der Waals surface area contributed by atoms with Crippen LogP contribution < -0.4 is 5.32 Å². The zero-order valence-corrected chi connectivity index (χ0v) is 16.6. The molecule has 2 heterocycles. The highest BCUT2D eigenvalue weighted by Crippen LogP contribution is 2.27. The van der Waals surface area contributed by atoms with E-state index in [1.807, 2.05) is 0 Å². The maximum atomic E-state index is 12.4. The van der Waals surface area contributed by atoms with Crippen LogP contribution in [0.3, 0.4) is 0 Å². The molecule has 2 aromatic heterocycles. The van der Waals surface area contributed by atoms with Gasteiger partial charge in [0.15, 0.2) is 5.82 Å². The minimum atomic E-state index is -3.82. The molecule has 9 nitrogen and oxygen atoms in total. The van der Waals surface area contributed by atoms with Crippen molar-refractivity contribution in [2.75, 3.05) is 32.5 Å². The van der Waals surface area contributed by atoms with Crippen LogP contribution in [0.4, 0.5) is 5.82 Å². The summed E-state index contributed by atoms with van der Waals surface area (Å²) in [6, 6.07) is 4.38. The predicted molar refractivity (Wildman–Crippen MR) is 96.7 cm³/mol. The highest BCUT2D eigenvalue weighted by Gasteiger charge is 2.26. The topological polar surface area (TPSA) is 113 Å². The number of anilines is 1. The van der Waals surface area contributed by atoms with Crippen molar-refractivity contribution < 1.29 is 22.5 Å². The predicted octanol–water partition coefficient (Wildman–Crippen LogP) is 1.42. The average Bonchev–Trinajstić information content (AvgIpc) is 3.15. The van der Waals surface area contributed by atoms with Crippen LogP contribution in [0.15, 0.2) is 26.9 Å². The molecule has 0 saturated carbocycles. The molecule has 0 unspecified atom stereocenters. The van der Waals surface area contributed by atoms with Gasteiger partial charge in [-0.05, 0) is 19.1 Å². The smallest absolute Gasteiger partial charge is 0.252 e. The number of aromatic nitrogens is 1. The van der Waals surface area contributed by atoms with Crippen LogP contribution in [-0.4, -0.2) is 61.8 Å². The molecule has 2 aromatic rings. The lowest BCUT2D eigenvalue weighted by Gasteiger charge is -2.20. The summed E-state index contributed by atoms with van der Waals surface area (Å²) in [4.78, 5) is 25.2. The van der Waals surface area contributed by atoms with Crippen LogP contribution in [0.1, 0.15) is 5.76 Å². The second-order valence-corrected chi connectivity index (χ2v) is 9.43. The summed E-state index contributed by atoms with van der Waals surface area (Å²) in [7, 11) is -1.14. The van der Waals surface area contributed by atoms with Crippen molar-refractivity contribution in [3.05, 3.63) is 28.3 Å². The second kappa shape index (κ2) is 8.16. The van der Waals surface area contributed by atoms with Crippen LogP contribution in [0.25, 0.3) is 0 Å². The zero-order chi connectivity index (χ0) is 19.5. The largest absolute Gasteiger partial charge is 0.360 e. The number of nitrogens with zero attached hydrogens (tertiary/aromatic N) is 3. The van der Waals surface area contributed by atoms with E-state index in [1.165, 1.54) is 32.3 Å². The van der Waals surface area contributed by atoms with Crippen LogP contribution >= 0.6 is 22.9 Å². The fourth-order valence-electron chi connectivity index (χ4n) is 1.90. The van der Waals surface area contributed by atoms with Crippen molar-refractivity contribution in [2.24, 2.45) is 0 Å². The Morgan fingerprint density at radius 1 is 1.31 bits per heavy atom.